The van der Waals surface area contributed by atoms with Crippen molar-refractivity contribution in [3.8, 4) is 17.7 Å². The number of para-hydroxylation sites is 1. The van der Waals surface area contributed by atoms with Crippen LogP contribution in [0.3, 0.4) is 0 Å². The molecule has 1 heterocycles. The normalized spacial score (nSPS) is 12.0. The topological polar surface area (TPSA) is 67.5 Å². The van der Waals surface area contributed by atoms with Crippen LogP contribution < -0.4 is 10.1 Å². The van der Waals surface area contributed by atoms with Gasteiger partial charge < -0.3 is 19.7 Å². The van der Waals surface area contributed by atoms with Gasteiger partial charge in [0.1, 0.15) is 18.5 Å². The van der Waals surface area contributed by atoms with E-state index in [-0.39, 0.29) is 6.61 Å². The van der Waals surface area contributed by atoms with Gasteiger partial charge in [0.25, 0.3) is 0 Å². The molecule has 25 heavy (non-hydrogen) atoms. The zero-order valence-corrected chi connectivity index (χ0v) is 14.8. The van der Waals surface area contributed by atoms with Gasteiger partial charge in [0, 0.05) is 23.6 Å². The Morgan fingerprint density at radius 3 is 2.84 bits per heavy atom. The molecule has 0 aliphatic rings. The minimum Gasteiger partial charge on any atom is -0.490 e. The first-order valence-electron chi connectivity index (χ1n) is 8.29. The molecule has 5 nitrogen and oxygen atoms in total. The zero-order chi connectivity index (χ0) is 18.1. The Morgan fingerprint density at radius 1 is 1.32 bits per heavy atom. The van der Waals surface area contributed by atoms with Crippen LogP contribution in [0, 0.1) is 24.8 Å². The lowest BCUT2D eigenvalue weighted by Gasteiger charge is -2.13. The van der Waals surface area contributed by atoms with Crippen LogP contribution in [-0.2, 0) is 0 Å². The van der Waals surface area contributed by atoms with Crippen molar-refractivity contribution in [2.75, 3.05) is 13.2 Å². The zero-order valence-electron chi connectivity index (χ0n) is 14.8. The second-order valence-electron chi connectivity index (χ2n) is 6.01. The Bertz CT molecular complexity index is 754. The van der Waals surface area contributed by atoms with Crippen molar-refractivity contribution in [3.05, 3.63) is 47.3 Å². The molecule has 0 radical (unpaired) electrons. The van der Waals surface area contributed by atoms with Crippen LogP contribution in [0.2, 0.25) is 0 Å². The predicted molar refractivity (Wildman–Crippen MR) is 98.7 cm³/mol. The molecule has 132 valence electrons. The Hall–Kier alpha value is -2.71. The van der Waals surface area contributed by atoms with Crippen LogP contribution in [0.5, 0.6) is 5.75 Å². The summed E-state index contributed by atoms with van der Waals surface area (Å²) in [5, 5.41) is 16.7. The van der Waals surface area contributed by atoms with Crippen LogP contribution >= 0.6 is 0 Å². The van der Waals surface area contributed by atoms with E-state index in [1.807, 2.05) is 63.3 Å². The number of ether oxygens (including phenoxy) is 1. The summed E-state index contributed by atoms with van der Waals surface area (Å²) >= 11 is 0. The van der Waals surface area contributed by atoms with Gasteiger partial charge in [-0.1, -0.05) is 43.1 Å². The monoisotopic (exact) mass is 340 g/mol. The van der Waals surface area contributed by atoms with Crippen molar-refractivity contribution in [1.29, 1.82) is 0 Å². The van der Waals surface area contributed by atoms with E-state index in [4.69, 9.17) is 9.26 Å². The summed E-state index contributed by atoms with van der Waals surface area (Å²) in [4.78, 5) is 0. The number of nitrogens with one attached hydrogen (secondary N) is 1. The Kier molecular flexibility index (Phi) is 7.12. The first-order valence-corrected chi connectivity index (χ1v) is 8.29. The molecule has 2 aromatic rings. The minimum atomic E-state index is -0.643. The molecule has 1 aromatic heterocycles. The summed E-state index contributed by atoms with van der Waals surface area (Å²) in [6.45, 7) is 6.44. The summed E-state index contributed by atoms with van der Waals surface area (Å²) in [5.41, 5.74) is 1.73. The first-order chi connectivity index (χ1) is 12.0. The largest absolute Gasteiger partial charge is 0.490 e. The van der Waals surface area contributed by atoms with E-state index in [2.05, 4.69) is 22.4 Å². The maximum Gasteiger partial charge on any atom is 0.159 e. The quantitative estimate of drug-likeness (QED) is 0.599. The number of benzene rings is 1. The van der Waals surface area contributed by atoms with E-state index in [0.29, 0.717) is 24.0 Å². The Morgan fingerprint density at radius 2 is 2.12 bits per heavy atom. The molecule has 2 rings (SSSR count). The van der Waals surface area contributed by atoms with Gasteiger partial charge in [-0.3, -0.25) is 0 Å². The van der Waals surface area contributed by atoms with E-state index < -0.39 is 6.10 Å². The number of hydrogen-bond donors (Lipinski definition) is 2. The van der Waals surface area contributed by atoms with Crippen molar-refractivity contribution in [2.24, 2.45) is 5.92 Å². The van der Waals surface area contributed by atoms with Crippen molar-refractivity contribution < 1.29 is 14.4 Å². The fourth-order valence-corrected chi connectivity index (χ4v) is 1.99. The SMILES string of the molecule is Cc1cc(/C=C/c2ccccc2OCC(O)CNC#CC(C)C)on1. The van der Waals surface area contributed by atoms with Gasteiger partial charge >= 0.3 is 0 Å². The highest BCUT2D eigenvalue weighted by Crippen LogP contribution is 2.21. The van der Waals surface area contributed by atoms with Gasteiger partial charge in [-0.2, -0.15) is 0 Å². The van der Waals surface area contributed by atoms with Gasteiger partial charge in [0.15, 0.2) is 5.76 Å². The summed E-state index contributed by atoms with van der Waals surface area (Å²) < 4.78 is 10.9. The third kappa shape index (κ3) is 6.74. The summed E-state index contributed by atoms with van der Waals surface area (Å²) in [6, 6.07) is 12.3. The van der Waals surface area contributed by atoms with Crippen molar-refractivity contribution in [1.82, 2.24) is 10.5 Å². The molecule has 0 amide bonds. The lowest BCUT2D eigenvalue weighted by atomic mass is 10.2. The molecular weight excluding hydrogens is 316 g/mol. The standard InChI is InChI=1S/C20H24N2O3/c1-15(2)10-11-21-13-18(23)14-24-20-7-5-4-6-17(20)8-9-19-12-16(3)22-25-19/h4-9,12,15,18,21,23H,13-14H2,1-3H3/b9-8+. The first kappa shape index (κ1) is 18.6. The minimum absolute atomic E-state index is 0.183. The second-order valence-corrected chi connectivity index (χ2v) is 6.01. The molecule has 1 unspecified atom stereocenters. The third-order valence-corrected chi connectivity index (χ3v) is 3.21. The maximum absolute atomic E-state index is 9.98. The average molecular weight is 340 g/mol. The van der Waals surface area contributed by atoms with E-state index in [9.17, 15) is 5.11 Å². The van der Waals surface area contributed by atoms with E-state index >= 15 is 0 Å². The molecule has 0 saturated heterocycles. The lowest BCUT2D eigenvalue weighted by molar-refractivity contribution is 0.110. The number of aliphatic hydroxyl groups is 1. The molecule has 2 N–H and O–H groups in total. The number of aryl methyl sites for hydroxylation is 1. The number of rotatable bonds is 7. The number of aliphatic hydroxyl groups excluding tert-OH is 1. The van der Waals surface area contributed by atoms with E-state index in [0.717, 1.165) is 11.3 Å². The molecule has 0 fully saturated rings. The van der Waals surface area contributed by atoms with Crippen molar-refractivity contribution in [3.63, 3.8) is 0 Å². The Labute approximate surface area is 148 Å². The molecule has 5 heteroatoms. The average Bonchev–Trinajstić information content (AvgIpc) is 3.01. The fraction of sp³-hybridized carbons (Fsp3) is 0.350. The highest BCUT2D eigenvalue weighted by Gasteiger charge is 2.06. The highest BCUT2D eigenvalue weighted by atomic mass is 16.5. The van der Waals surface area contributed by atoms with Gasteiger partial charge in [-0.25, -0.2) is 0 Å². The molecule has 0 spiro atoms. The molecule has 1 aromatic carbocycles. The molecule has 1 atom stereocenters. The second kappa shape index (κ2) is 9.55. The molecular formula is C20H24N2O3. The molecule has 0 aliphatic heterocycles. The van der Waals surface area contributed by atoms with Crippen LogP contribution in [0.4, 0.5) is 0 Å². The molecule has 0 saturated carbocycles. The molecule has 0 bridgehead atoms. The number of aromatic nitrogens is 1. The van der Waals surface area contributed by atoms with Crippen molar-refractivity contribution >= 4 is 12.2 Å². The smallest absolute Gasteiger partial charge is 0.159 e. The fourth-order valence-electron chi connectivity index (χ4n) is 1.99. The van der Waals surface area contributed by atoms with E-state index in [1.165, 1.54) is 0 Å². The van der Waals surface area contributed by atoms with Gasteiger partial charge in [-0.15, -0.1) is 0 Å². The number of nitrogens with zero attached hydrogens (tertiary/aromatic N) is 1. The lowest BCUT2D eigenvalue weighted by Crippen LogP contribution is -2.29. The maximum atomic E-state index is 9.98. The summed E-state index contributed by atoms with van der Waals surface area (Å²) in [7, 11) is 0. The Balaban J connectivity index is 1.90. The van der Waals surface area contributed by atoms with Crippen LogP contribution in [-0.4, -0.2) is 29.5 Å². The van der Waals surface area contributed by atoms with Gasteiger partial charge in [0.05, 0.1) is 12.2 Å². The van der Waals surface area contributed by atoms with E-state index in [1.54, 1.807) is 0 Å². The number of hydrogen-bond acceptors (Lipinski definition) is 5. The predicted octanol–water partition coefficient (Wildman–Crippen LogP) is 3.10. The highest BCUT2D eigenvalue weighted by molar-refractivity contribution is 5.70. The van der Waals surface area contributed by atoms with Gasteiger partial charge in [-0.05, 0) is 25.1 Å². The van der Waals surface area contributed by atoms with Crippen LogP contribution in [0.15, 0.2) is 34.9 Å². The third-order valence-electron chi connectivity index (χ3n) is 3.21. The molecule has 0 aliphatic carbocycles. The summed E-state index contributed by atoms with van der Waals surface area (Å²) in [5.74, 6) is 4.66. The summed E-state index contributed by atoms with van der Waals surface area (Å²) in [6.07, 6.45) is 3.09. The van der Waals surface area contributed by atoms with Crippen molar-refractivity contribution in [2.45, 2.75) is 26.9 Å². The van der Waals surface area contributed by atoms with Crippen LogP contribution in [0.1, 0.15) is 30.9 Å². The van der Waals surface area contributed by atoms with Gasteiger partial charge in [0.2, 0.25) is 0 Å². The van der Waals surface area contributed by atoms with Crippen LogP contribution in [0.25, 0.3) is 12.2 Å².